The van der Waals surface area contributed by atoms with E-state index >= 15 is 0 Å². The zero-order valence-corrected chi connectivity index (χ0v) is 20.4. The molecule has 0 aliphatic carbocycles. The first-order valence-electron chi connectivity index (χ1n) is 12.1. The molecule has 6 rings (SSSR count). The van der Waals surface area contributed by atoms with Gasteiger partial charge in [0.15, 0.2) is 5.78 Å². The van der Waals surface area contributed by atoms with Crippen molar-refractivity contribution < 1.29 is 23.9 Å². The largest absolute Gasteiger partial charge is 0.495 e. The third-order valence-corrected chi connectivity index (χ3v) is 6.97. The number of para-hydroxylation sites is 2. The minimum atomic E-state index is -0.664. The predicted octanol–water partition coefficient (Wildman–Crippen LogP) is 4.94. The zero-order chi connectivity index (χ0) is 26.4. The highest BCUT2D eigenvalue weighted by Crippen LogP contribution is 2.46. The van der Waals surface area contributed by atoms with Crippen LogP contribution in [0.3, 0.4) is 0 Å². The van der Waals surface area contributed by atoms with Crippen LogP contribution in [0, 0.1) is 0 Å². The number of methoxy groups -OCH3 is 1. The van der Waals surface area contributed by atoms with E-state index < -0.39 is 23.9 Å². The molecule has 186 valence electrons. The number of carbonyl (C=O) groups is 4. The molecule has 3 amide bonds. The average molecular weight is 503 g/mol. The molecular formula is C31H22N2O5. The van der Waals surface area contributed by atoms with E-state index in [1.165, 1.54) is 30.2 Å². The summed E-state index contributed by atoms with van der Waals surface area (Å²) in [7, 11) is 1.47. The summed E-state index contributed by atoms with van der Waals surface area (Å²) >= 11 is 0. The van der Waals surface area contributed by atoms with Crippen LogP contribution in [0.1, 0.15) is 53.0 Å². The second kappa shape index (κ2) is 9.12. The Kier molecular flexibility index (Phi) is 5.61. The van der Waals surface area contributed by atoms with Crippen LogP contribution in [-0.2, 0) is 0 Å². The van der Waals surface area contributed by atoms with Crippen LogP contribution >= 0.6 is 0 Å². The summed E-state index contributed by atoms with van der Waals surface area (Å²) in [6.45, 7) is 0. The molecule has 0 N–H and O–H groups in total. The van der Waals surface area contributed by atoms with Gasteiger partial charge in [0.05, 0.1) is 30.0 Å². The summed E-state index contributed by atoms with van der Waals surface area (Å²) < 4.78 is 5.34. The Morgan fingerprint density at radius 3 is 2.05 bits per heavy atom. The van der Waals surface area contributed by atoms with Gasteiger partial charge in [-0.05, 0) is 35.9 Å². The molecule has 0 saturated carbocycles. The van der Waals surface area contributed by atoms with Gasteiger partial charge in [0, 0.05) is 11.1 Å². The number of amides is 3. The molecule has 2 aliphatic heterocycles. The smallest absolute Gasteiger partial charge is 0.266 e. The number of hydrogen-bond donors (Lipinski definition) is 0. The van der Waals surface area contributed by atoms with Gasteiger partial charge in [0.2, 0.25) is 0 Å². The van der Waals surface area contributed by atoms with Crippen molar-refractivity contribution in [1.82, 2.24) is 4.90 Å². The highest BCUT2D eigenvalue weighted by molar-refractivity contribution is 6.35. The lowest BCUT2D eigenvalue weighted by Gasteiger charge is -2.16. The van der Waals surface area contributed by atoms with Crippen molar-refractivity contribution in [3.8, 4) is 5.75 Å². The molecule has 7 nitrogen and oxygen atoms in total. The van der Waals surface area contributed by atoms with Gasteiger partial charge < -0.3 is 9.64 Å². The van der Waals surface area contributed by atoms with Gasteiger partial charge in [-0.2, -0.15) is 0 Å². The number of rotatable bonds is 6. The molecule has 2 heterocycles. The van der Waals surface area contributed by atoms with Crippen LogP contribution in [0.25, 0.3) is 0 Å². The first-order chi connectivity index (χ1) is 18.5. The average Bonchev–Trinajstić information content (AvgIpc) is 3.67. The Labute approximate surface area is 218 Å². The summed E-state index contributed by atoms with van der Waals surface area (Å²) in [5.74, 6) is -1.17. The monoisotopic (exact) mass is 502 g/mol. The number of benzene rings is 4. The molecule has 0 radical (unpaired) electrons. The van der Waals surface area contributed by atoms with Crippen molar-refractivity contribution in [1.29, 1.82) is 0 Å². The van der Waals surface area contributed by atoms with Gasteiger partial charge in [-0.1, -0.05) is 72.8 Å². The number of nitrogens with zero attached hydrogens (tertiary/aromatic N) is 2. The Balaban J connectivity index is 1.34. The third kappa shape index (κ3) is 3.67. The van der Waals surface area contributed by atoms with Crippen molar-refractivity contribution >= 4 is 29.2 Å². The lowest BCUT2D eigenvalue weighted by Crippen LogP contribution is -2.29. The minimum Gasteiger partial charge on any atom is -0.495 e. The molecule has 0 unspecified atom stereocenters. The molecule has 2 atom stereocenters. The Bertz CT molecular complexity index is 1600. The number of fused-ring (bicyclic) bond motifs is 1. The number of ketones is 1. The highest BCUT2D eigenvalue weighted by Gasteiger charge is 2.56. The summed E-state index contributed by atoms with van der Waals surface area (Å²) in [5.41, 5.74) is 2.28. The molecule has 0 bridgehead atoms. The van der Waals surface area contributed by atoms with Gasteiger partial charge in [0.1, 0.15) is 11.8 Å². The van der Waals surface area contributed by atoms with E-state index in [0.717, 1.165) is 10.5 Å². The maximum absolute atomic E-state index is 13.7. The van der Waals surface area contributed by atoms with Gasteiger partial charge in [-0.25, -0.2) is 4.90 Å². The lowest BCUT2D eigenvalue weighted by atomic mass is 10.0. The van der Waals surface area contributed by atoms with Gasteiger partial charge in [-0.15, -0.1) is 0 Å². The van der Waals surface area contributed by atoms with Crippen LogP contribution in [0.15, 0.2) is 103 Å². The standard InChI is InChI=1S/C31H22N2O5/c1-38-25-15-9-8-14-24(25)32-30(36)22-17-16-21(18-23(22)31(32)37)29(35)33-26(19-10-4-2-5-11-19)27(33)28(34)20-12-6-3-7-13-20/h2-18,26-27H,1H3/t26-,27+,33?/m0/s1. The quantitative estimate of drug-likeness (QED) is 0.212. The van der Waals surface area contributed by atoms with Crippen molar-refractivity contribution in [2.75, 3.05) is 12.0 Å². The minimum absolute atomic E-state index is 0.135. The summed E-state index contributed by atoms with van der Waals surface area (Å²) in [5, 5.41) is 0. The number of carbonyl (C=O) groups excluding carboxylic acids is 4. The number of imide groups is 1. The second-order valence-corrected chi connectivity index (χ2v) is 9.12. The fourth-order valence-electron chi connectivity index (χ4n) is 5.08. The third-order valence-electron chi connectivity index (χ3n) is 6.97. The van der Waals surface area contributed by atoms with Crippen molar-refractivity contribution in [2.45, 2.75) is 12.1 Å². The van der Waals surface area contributed by atoms with Crippen molar-refractivity contribution in [3.05, 3.63) is 131 Å². The van der Waals surface area contributed by atoms with Crippen molar-refractivity contribution in [2.24, 2.45) is 0 Å². The summed E-state index contributed by atoms with van der Waals surface area (Å²) in [4.78, 5) is 56.2. The topological polar surface area (TPSA) is 83.8 Å². The van der Waals surface area contributed by atoms with Gasteiger partial charge in [0.25, 0.3) is 17.7 Å². The molecule has 1 saturated heterocycles. The van der Waals surface area contributed by atoms with Crippen LogP contribution in [0.5, 0.6) is 5.75 Å². The number of hydrogen-bond acceptors (Lipinski definition) is 5. The zero-order valence-electron chi connectivity index (χ0n) is 20.4. The number of ether oxygens (including phenoxy) is 1. The molecular weight excluding hydrogens is 480 g/mol. The normalized spacial score (nSPS) is 17.8. The Morgan fingerprint density at radius 2 is 1.34 bits per heavy atom. The first-order valence-corrected chi connectivity index (χ1v) is 12.1. The first kappa shape index (κ1) is 23.4. The second-order valence-electron chi connectivity index (χ2n) is 9.12. The van der Waals surface area contributed by atoms with Crippen molar-refractivity contribution in [3.63, 3.8) is 0 Å². The molecule has 38 heavy (non-hydrogen) atoms. The van der Waals surface area contributed by atoms with E-state index in [0.29, 0.717) is 17.0 Å². The predicted molar refractivity (Wildman–Crippen MR) is 140 cm³/mol. The molecule has 0 aromatic heterocycles. The fraction of sp³-hybridized carbons (Fsp3) is 0.0968. The van der Waals surface area contributed by atoms with Crippen LogP contribution in [0.4, 0.5) is 5.69 Å². The SMILES string of the molecule is COc1ccccc1N1C(=O)c2ccc(C(=O)N3[C@@H](C(=O)c4ccccc4)[C@@H]3c3ccccc3)cc2C1=O. The highest BCUT2D eigenvalue weighted by atomic mass is 16.5. The van der Waals surface area contributed by atoms with Gasteiger partial charge in [-0.3, -0.25) is 19.2 Å². The molecule has 4 aromatic carbocycles. The fourth-order valence-corrected chi connectivity index (χ4v) is 5.08. The maximum Gasteiger partial charge on any atom is 0.266 e. The van der Waals surface area contributed by atoms with E-state index in [-0.39, 0.29) is 28.4 Å². The maximum atomic E-state index is 13.7. The molecule has 2 aliphatic rings. The van der Waals surface area contributed by atoms with E-state index in [2.05, 4.69) is 0 Å². The molecule has 0 spiro atoms. The van der Waals surface area contributed by atoms with Crippen LogP contribution in [-0.4, -0.2) is 41.6 Å². The number of anilines is 1. The van der Waals surface area contributed by atoms with Crippen LogP contribution in [0.2, 0.25) is 0 Å². The molecule has 4 aromatic rings. The summed E-state index contributed by atoms with van der Waals surface area (Å²) in [6, 6.07) is 28.4. The molecule has 7 heteroatoms. The van der Waals surface area contributed by atoms with E-state index in [1.807, 2.05) is 36.4 Å². The number of Topliss-reactive ketones (excluding diaryl/α,β-unsaturated/α-hetero) is 1. The van der Waals surface area contributed by atoms with E-state index in [9.17, 15) is 19.2 Å². The van der Waals surface area contributed by atoms with Gasteiger partial charge >= 0.3 is 0 Å². The van der Waals surface area contributed by atoms with E-state index in [1.54, 1.807) is 48.5 Å². The lowest BCUT2D eigenvalue weighted by molar-refractivity contribution is 0.0833. The Morgan fingerprint density at radius 1 is 0.711 bits per heavy atom. The Hall–Kier alpha value is -5.04. The molecule has 1 fully saturated rings. The van der Waals surface area contributed by atoms with Crippen LogP contribution < -0.4 is 9.64 Å². The summed E-state index contributed by atoms with van der Waals surface area (Å²) in [6.07, 6.45) is 0. The van der Waals surface area contributed by atoms with E-state index in [4.69, 9.17) is 4.74 Å².